The van der Waals surface area contributed by atoms with Crippen LogP contribution in [0.25, 0.3) is 0 Å². The van der Waals surface area contributed by atoms with Gasteiger partial charge in [0.2, 0.25) is 0 Å². The van der Waals surface area contributed by atoms with Crippen molar-refractivity contribution in [3.8, 4) is 6.07 Å². The Morgan fingerprint density at radius 1 is 0.943 bits per heavy atom. The molecule has 2 amide bonds. The van der Waals surface area contributed by atoms with E-state index in [1.165, 1.54) is 11.0 Å². The average molecular weight is 526 g/mol. The molecule has 6 nitrogen and oxygen atoms in total. The molecule has 0 radical (unpaired) electrons. The van der Waals surface area contributed by atoms with Crippen LogP contribution in [-0.2, 0) is 22.2 Å². The maximum Gasteiger partial charge on any atom is 0.417 e. The van der Waals surface area contributed by atoms with E-state index in [4.69, 9.17) is 14.9 Å². The summed E-state index contributed by atoms with van der Waals surface area (Å²) in [5.41, 5.74) is 0.667. The van der Waals surface area contributed by atoms with E-state index in [1.807, 2.05) is 24.3 Å². The molecule has 35 heavy (non-hydrogen) atoms. The number of hydrogen-bond donors (Lipinski definition) is 0. The molecular weight excluding hydrogens is 499 g/mol. The Hall–Kier alpha value is -2.93. The molecule has 0 N–H and O–H groups in total. The summed E-state index contributed by atoms with van der Waals surface area (Å²) in [4.78, 5) is 32.9. The van der Waals surface area contributed by atoms with Crippen molar-refractivity contribution in [3.05, 3.63) is 59.2 Å². The number of hydrogen-bond acceptors (Lipinski definition) is 4. The molecule has 0 aromatic heterocycles. The molecule has 0 spiro atoms. The van der Waals surface area contributed by atoms with Gasteiger partial charge < -0.3 is 0 Å². The molecule has 1 heterocycles. The lowest BCUT2D eigenvalue weighted by molar-refractivity contribution is -0.191. The number of aryl methyl sites for hydroxylation is 1. The molecule has 2 fully saturated rings. The molecular formula is C24H26F3N3O3S2. The monoisotopic (exact) mass is 525 g/mol. The number of halogens is 3. The zero-order chi connectivity index (χ0) is 24.2. The second-order valence-electron chi connectivity index (χ2n) is 7.88. The number of benzene rings is 2. The predicted molar refractivity (Wildman–Crippen MR) is 134 cm³/mol. The van der Waals surface area contributed by atoms with Crippen molar-refractivity contribution in [1.29, 1.82) is 5.26 Å². The number of carbonyl (C=O) groups is 1. The van der Waals surface area contributed by atoms with Gasteiger partial charge in [0.15, 0.2) is 0 Å². The smallest absolute Gasteiger partial charge is 0.289 e. The van der Waals surface area contributed by atoms with Gasteiger partial charge in [-0.2, -0.15) is 55.0 Å². The number of anilines is 2. The third-order valence-corrected chi connectivity index (χ3v) is 6.10. The quantitative estimate of drug-likeness (QED) is 0.527. The van der Waals surface area contributed by atoms with E-state index in [2.05, 4.69) is 6.92 Å². The number of nitrogens with zero attached hydrogens (tertiary/aromatic N) is 3. The molecule has 11 heteroatoms. The number of alkyl halides is 3. The second kappa shape index (κ2) is 12.7. The van der Waals surface area contributed by atoms with E-state index in [0.29, 0.717) is 0 Å². The van der Waals surface area contributed by atoms with E-state index < -0.39 is 17.3 Å². The molecule has 4 rings (SSSR count). The van der Waals surface area contributed by atoms with Crippen molar-refractivity contribution in [3.63, 3.8) is 0 Å². The summed E-state index contributed by atoms with van der Waals surface area (Å²) in [6.45, 7) is 2.05. The standard InChI is InChI=1S/C23H22F3N3O.CO2.2H2S/c1-2-15-7-10-17(11-8-15)28-20-5-3-4-6-21(20)29(22(28)30)18-12-9-16(14-27)19(13-18)23(24,25)26;2-1-3;;/h7-13,20-21H,2-6H2,1H3;;2*1H2/t20-,21-;;;/m0.../s1. The number of fused-ring (bicyclic) bond motifs is 1. The van der Waals surface area contributed by atoms with Crippen LogP contribution in [0.5, 0.6) is 0 Å². The Labute approximate surface area is 215 Å². The highest BCUT2D eigenvalue weighted by Gasteiger charge is 2.48. The SMILES string of the molecule is CCc1ccc(N2C(=O)N(c3ccc(C#N)c(C(F)(F)F)c3)[C@H]3CCCC[C@@H]32)cc1.O=C=O.S.S. The molecule has 1 aliphatic heterocycles. The molecule has 0 unspecified atom stereocenters. The van der Waals surface area contributed by atoms with Crippen molar-refractivity contribution in [1.82, 2.24) is 0 Å². The van der Waals surface area contributed by atoms with E-state index in [9.17, 15) is 18.0 Å². The number of rotatable bonds is 3. The summed E-state index contributed by atoms with van der Waals surface area (Å²) in [5, 5.41) is 9.07. The molecule has 1 saturated heterocycles. The Kier molecular flexibility index (Phi) is 10.9. The summed E-state index contributed by atoms with van der Waals surface area (Å²) in [7, 11) is 0. The van der Waals surface area contributed by atoms with Crippen LogP contribution >= 0.6 is 27.0 Å². The molecule has 188 valence electrons. The Morgan fingerprint density at radius 3 is 1.89 bits per heavy atom. The topological polar surface area (TPSA) is 81.5 Å². The van der Waals surface area contributed by atoms with Crippen molar-refractivity contribution in [2.45, 2.75) is 57.3 Å². The minimum atomic E-state index is -4.66. The second-order valence-corrected chi connectivity index (χ2v) is 7.88. The summed E-state index contributed by atoms with van der Waals surface area (Å²) in [6, 6.07) is 12.3. The van der Waals surface area contributed by atoms with Gasteiger partial charge in [-0.3, -0.25) is 9.80 Å². The van der Waals surface area contributed by atoms with E-state index in [1.54, 1.807) is 11.0 Å². The van der Waals surface area contributed by atoms with Crippen LogP contribution in [0.3, 0.4) is 0 Å². The number of nitriles is 1. The summed E-state index contributed by atoms with van der Waals surface area (Å²) in [5.74, 6) is 0. The fourth-order valence-corrected chi connectivity index (χ4v) is 4.60. The molecule has 2 aromatic rings. The minimum absolute atomic E-state index is 0. The number of carbonyl (C=O) groups excluding carboxylic acids is 3. The highest BCUT2D eigenvalue weighted by atomic mass is 32.1. The van der Waals surface area contributed by atoms with Gasteiger partial charge in [-0.15, -0.1) is 0 Å². The fourth-order valence-electron chi connectivity index (χ4n) is 4.60. The van der Waals surface area contributed by atoms with Gasteiger partial charge in [0.05, 0.1) is 29.3 Å². The van der Waals surface area contributed by atoms with Crippen LogP contribution in [0.2, 0.25) is 0 Å². The third-order valence-electron chi connectivity index (χ3n) is 6.10. The van der Waals surface area contributed by atoms with Crippen LogP contribution in [0, 0.1) is 11.3 Å². The van der Waals surface area contributed by atoms with E-state index in [-0.39, 0.29) is 56.9 Å². The molecule has 1 aliphatic carbocycles. The summed E-state index contributed by atoms with van der Waals surface area (Å²) < 4.78 is 40.4. The van der Waals surface area contributed by atoms with Crippen molar-refractivity contribution >= 4 is 50.5 Å². The first-order valence-corrected chi connectivity index (χ1v) is 10.6. The Bertz CT molecular complexity index is 1100. The normalized spacial score (nSPS) is 18.7. The average Bonchev–Trinajstić information content (AvgIpc) is 3.10. The molecule has 2 aromatic carbocycles. The molecule has 2 atom stereocenters. The number of urea groups is 1. The minimum Gasteiger partial charge on any atom is -0.289 e. The van der Waals surface area contributed by atoms with Crippen LogP contribution in [0.4, 0.5) is 29.3 Å². The maximum absolute atomic E-state index is 13.5. The lowest BCUT2D eigenvalue weighted by Gasteiger charge is -2.32. The van der Waals surface area contributed by atoms with Gasteiger partial charge in [-0.05, 0) is 55.2 Å². The lowest BCUT2D eigenvalue weighted by atomic mass is 9.89. The largest absolute Gasteiger partial charge is 0.417 e. The molecule has 0 bridgehead atoms. The van der Waals surface area contributed by atoms with Gasteiger partial charge in [0.25, 0.3) is 0 Å². The van der Waals surface area contributed by atoms with Crippen LogP contribution < -0.4 is 9.80 Å². The van der Waals surface area contributed by atoms with Crippen LogP contribution in [0.15, 0.2) is 42.5 Å². The zero-order valence-corrected chi connectivity index (χ0v) is 20.9. The van der Waals surface area contributed by atoms with Crippen molar-refractivity contribution < 1.29 is 27.6 Å². The summed E-state index contributed by atoms with van der Waals surface area (Å²) >= 11 is 0. The van der Waals surface area contributed by atoms with Gasteiger partial charge in [0, 0.05) is 11.4 Å². The maximum atomic E-state index is 13.5. The highest BCUT2D eigenvalue weighted by molar-refractivity contribution is 7.59. The Balaban J connectivity index is 0.00000117. The lowest BCUT2D eigenvalue weighted by Crippen LogP contribution is -2.40. The first kappa shape index (κ1) is 30.1. The Morgan fingerprint density at radius 2 is 1.43 bits per heavy atom. The van der Waals surface area contributed by atoms with Gasteiger partial charge in [-0.25, -0.2) is 4.79 Å². The van der Waals surface area contributed by atoms with Gasteiger partial charge in [-0.1, -0.05) is 31.9 Å². The first-order chi connectivity index (χ1) is 15.8. The van der Waals surface area contributed by atoms with E-state index >= 15 is 0 Å². The number of amides is 2. The predicted octanol–water partition coefficient (Wildman–Crippen LogP) is 5.54. The summed E-state index contributed by atoms with van der Waals surface area (Å²) in [6.07, 6.45) is -0.0710. The first-order valence-electron chi connectivity index (χ1n) is 10.6. The fraction of sp³-hybridized carbons (Fsp3) is 0.375. The van der Waals surface area contributed by atoms with Gasteiger partial charge >= 0.3 is 18.4 Å². The highest BCUT2D eigenvalue weighted by Crippen LogP contribution is 2.42. The van der Waals surface area contributed by atoms with Crippen LogP contribution in [-0.4, -0.2) is 24.3 Å². The van der Waals surface area contributed by atoms with Gasteiger partial charge in [0.1, 0.15) is 0 Å². The third kappa shape index (κ3) is 6.20. The van der Waals surface area contributed by atoms with E-state index in [0.717, 1.165) is 55.5 Å². The zero-order valence-electron chi connectivity index (χ0n) is 18.9. The molecule has 1 saturated carbocycles. The molecule has 2 aliphatic rings. The van der Waals surface area contributed by atoms with Crippen molar-refractivity contribution in [2.24, 2.45) is 0 Å². The van der Waals surface area contributed by atoms with Crippen LogP contribution in [0.1, 0.15) is 49.3 Å². The van der Waals surface area contributed by atoms with Crippen molar-refractivity contribution in [2.75, 3.05) is 9.80 Å².